The molecular formula is C27H22Br2N2O2. The van der Waals surface area contributed by atoms with E-state index in [1.807, 2.05) is 48.7 Å². The largest absolute Gasteiger partial charge is 0.494 e. The molecule has 0 bridgehead atoms. The Morgan fingerprint density at radius 2 is 1.48 bits per heavy atom. The first-order chi connectivity index (χ1) is 16.2. The Balaban J connectivity index is 1.19. The zero-order valence-corrected chi connectivity index (χ0v) is 21.1. The van der Waals surface area contributed by atoms with Crippen LogP contribution in [0.2, 0.25) is 0 Å². The van der Waals surface area contributed by atoms with Crippen LogP contribution in [-0.4, -0.2) is 18.1 Å². The molecular weight excluding hydrogens is 544 g/mol. The van der Waals surface area contributed by atoms with Crippen molar-refractivity contribution >= 4 is 43.2 Å². The molecule has 0 atom stereocenters. The minimum atomic E-state index is 0.674. The third kappa shape index (κ3) is 5.07. The summed E-state index contributed by atoms with van der Waals surface area (Å²) in [7, 11) is 0. The second kappa shape index (κ2) is 9.98. The van der Waals surface area contributed by atoms with Crippen LogP contribution in [0.5, 0.6) is 17.2 Å². The number of rotatable bonds is 7. The van der Waals surface area contributed by atoms with Gasteiger partial charge in [-0.05, 0) is 85.6 Å². The molecule has 0 spiro atoms. The van der Waals surface area contributed by atoms with Crippen molar-refractivity contribution in [3.8, 4) is 28.5 Å². The van der Waals surface area contributed by atoms with Crippen molar-refractivity contribution in [3.05, 3.63) is 94.0 Å². The fourth-order valence-corrected chi connectivity index (χ4v) is 4.57. The molecule has 5 rings (SSSR count). The number of fused-ring (bicyclic) bond motifs is 2. The predicted molar refractivity (Wildman–Crippen MR) is 140 cm³/mol. The summed E-state index contributed by atoms with van der Waals surface area (Å²) < 4.78 is 14.1. The van der Waals surface area contributed by atoms with E-state index < -0.39 is 0 Å². The maximum atomic E-state index is 6.17. The van der Waals surface area contributed by atoms with E-state index in [0.29, 0.717) is 6.61 Å². The van der Waals surface area contributed by atoms with E-state index in [2.05, 4.69) is 78.1 Å². The van der Waals surface area contributed by atoms with Crippen molar-refractivity contribution in [1.29, 1.82) is 0 Å². The third-order valence-corrected chi connectivity index (χ3v) is 6.49. The lowest BCUT2D eigenvalue weighted by atomic mass is 10.1. The van der Waals surface area contributed by atoms with Gasteiger partial charge in [-0.15, -0.1) is 0 Å². The van der Waals surface area contributed by atoms with Crippen LogP contribution in [0.25, 0.3) is 11.3 Å². The summed E-state index contributed by atoms with van der Waals surface area (Å²) in [4.78, 5) is 6.72. The van der Waals surface area contributed by atoms with Crippen molar-refractivity contribution in [2.45, 2.75) is 12.8 Å². The van der Waals surface area contributed by atoms with E-state index in [1.165, 1.54) is 0 Å². The van der Waals surface area contributed by atoms with Gasteiger partial charge in [-0.3, -0.25) is 4.98 Å². The maximum absolute atomic E-state index is 6.17. The van der Waals surface area contributed by atoms with Crippen molar-refractivity contribution in [2.24, 2.45) is 0 Å². The van der Waals surface area contributed by atoms with E-state index >= 15 is 0 Å². The number of anilines is 2. The number of pyridine rings is 1. The maximum Gasteiger partial charge on any atom is 0.152 e. The smallest absolute Gasteiger partial charge is 0.152 e. The van der Waals surface area contributed by atoms with Crippen LogP contribution in [0.1, 0.15) is 12.8 Å². The lowest BCUT2D eigenvalue weighted by Crippen LogP contribution is -2.22. The number of unbranched alkanes of at least 4 members (excludes halogenated alkanes) is 1. The highest BCUT2D eigenvalue weighted by Gasteiger charge is 2.24. The number of hydrogen-bond donors (Lipinski definition) is 0. The highest BCUT2D eigenvalue weighted by molar-refractivity contribution is 9.10. The van der Waals surface area contributed by atoms with Gasteiger partial charge in [-0.25, -0.2) is 0 Å². The van der Waals surface area contributed by atoms with E-state index in [1.54, 1.807) is 0 Å². The normalized spacial score (nSPS) is 12.0. The topological polar surface area (TPSA) is 34.6 Å². The second-order valence-corrected chi connectivity index (χ2v) is 9.60. The Kier molecular flexibility index (Phi) is 6.65. The molecule has 0 fully saturated rings. The molecule has 3 aromatic carbocycles. The van der Waals surface area contributed by atoms with Gasteiger partial charge in [-0.1, -0.05) is 37.9 Å². The molecule has 0 unspecified atom stereocenters. The Bertz CT molecular complexity index is 1200. The van der Waals surface area contributed by atoms with Crippen LogP contribution in [0.15, 0.2) is 94.0 Å². The van der Waals surface area contributed by atoms with Gasteiger partial charge in [0.15, 0.2) is 11.5 Å². The number of ether oxygens (including phenoxy) is 2. The van der Waals surface area contributed by atoms with E-state index in [4.69, 9.17) is 9.47 Å². The summed E-state index contributed by atoms with van der Waals surface area (Å²) in [5, 5.41) is 0. The van der Waals surface area contributed by atoms with Gasteiger partial charge in [0.25, 0.3) is 0 Å². The first-order valence-electron chi connectivity index (χ1n) is 10.9. The van der Waals surface area contributed by atoms with Gasteiger partial charge >= 0.3 is 0 Å². The molecule has 2 heterocycles. The average Bonchev–Trinajstić information content (AvgIpc) is 2.84. The molecule has 6 heteroatoms. The fraction of sp³-hybridized carbons (Fsp3) is 0.148. The van der Waals surface area contributed by atoms with Gasteiger partial charge in [0.1, 0.15) is 5.75 Å². The van der Waals surface area contributed by atoms with Crippen molar-refractivity contribution in [1.82, 2.24) is 4.98 Å². The van der Waals surface area contributed by atoms with Crippen LogP contribution in [0.3, 0.4) is 0 Å². The van der Waals surface area contributed by atoms with Gasteiger partial charge < -0.3 is 14.4 Å². The Labute approximate surface area is 210 Å². The van der Waals surface area contributed by atoms with Crippen LogP contribution < -0.4 is 14.4 Å². The van der Waals surface area contributed by atoms with Crippen LogP contribution >= 0.6 is 31.9 Å². The number of aromatic nitrogens is 1. The molecule has 1 aromatic heterocycles. The minimum absolute atomic E-state index is 0.674. The monoisotopic (exact) mass is 564 g/mol. The molecule has 0 saturated heterocycles. The lowest BCUT2D eigenvalue weighted by molar-refractivity contribution is 0.307. The SMILES string of the molecule is Brc1ccc2c(c1)Oc1cc(Br)ccc1N2CCCCOc1ccc(-c2ccccn2)cc1. The first-order valence-corrected chi connectivity index (χ1v) is 12.4. The summed E-state index contributed by atoms with van der Waals surface area (Å²) in [6, 6.07) is 26.4. The molecule has 4 aromatic rings. The molecule has 4 nitrogen and oxygen atoms in total. The Morgan fingerprint density at radius 1 is 0.788 bits per heavy atom. The minimum Gasteiger partial charge on any atom is -0.494 e. The van der Waals surface area contributed by atoms with Gasteiger partial charge in [0.05, 0.1) is 23.7 Å². The Hall–Kier alpha value is -2.83. The summed E-state index contributed by atoms with van der Waals surface area (Å²) in [5.41, 5.74) is 4.22. The quantitative estimate of drug-likeness (QED) is 0.211. The average molecular weight is 566 g/mol. The summed E-state index contributed by atoms with van der Waals surface area (Å²) in [6.07, 6.45) is 3.76. The molecule has 0 N–H and O–H groups in total. The standard InChI is InChI=1S/C27H22Br2N2O2/c28-20-8-12-24-26(17-20)33-27-18-21(29)9-13-25(27)31(24)15-3-4-16-32-22-10-6-19(7-11-22)23-5-1-2-14-30-23/h1-2,5-14,17-18H,3-4,15-16H2. The molecule has 1 aliphatic rings. The van der Waals surface area contributed by atoms with E-state index in [-0.39, 0.29) is 0 Å². The zero-order valence-electron chi connectivity index (χ0n) is 17.9. The second-order valence-electron chi connectivity index (χ2n) is 7.77. The summed E-state index contributed by atoms with van der Waals surface area (Å²) in [5.74, 6) is 2.60. The molecule has 0 amide bonds. The molecule has 0 radical (unpaired) electrons. The van der Waals surface area contributed by atoms with Crippen molar-refractivity contribution in [3.63, 3.8) is 0 Å². The van der Waals surface area contributed by atoms with Crippen LogP contribution in [0, 0.1) is 0 Å². The number of benzene rings is 3. The van der Waals surface area contributed by atoms with Gasteiger partial charge in [0.2, 0.25) is 0 Å². The van der Waals surface area contributed by atoms with Crippen molar-refractivity contribution < 1.29 is 9.47 Å². The van der Waals surface area contributed by atoms with Crippen LogP contribution in [0.4, 0.5) is 11.4 Å². The van der Waals surface area contributed by atoms with Gasteiger partial charge in [-0.2, -0.15) is 0 Å². The lowest BCUT2D eigenvalue weighted by Gasteiger charge is -2.33. The number of hydrogen-bond acceptors (Lipinski definition) is 4. The molecule has 166 valence electrons. The highest BCUT2D eigenvalue weighted by Crippen LogP contribution is 2.48. The summed E-state index contributed by atoms with van der Waals surface area (Å²) in [6.45, 7) is 1.56. The fourth-order valence-electron chi connectivity index (χ4n) is 3.89. The van der Waals surface area contributed by atoms with Crippen molar-refractivity contribution in [2.75, 3.05) is 18.1 Å². The molecule has 0 aliphatic carbocycles. The predicted octanol–water partition coefficient (Wildman–Crippen LogP) is 8.38. The molecule has 0 saturated carbocycles. The van der Waals surface area contributed by atoms with Gasteiger partial charge in [0, 0.05) is 27.3 Å². The van der Waals surface area contributed by atoms with E-state index in [9.17, 15) is 0 Å². The third-order valence-electron chi connectivity index (χ3n) is 5.50. The van der Waals surface area contributed by atoms with Crippen LogP contribution in [-0.2, 0) is 0 Å². The first kappa shape index (κ1) is 22.0. The highest BCUT2D eigenvalue weighted by atomic mass is 79.9. The van der Waals surface area contributed by atoms with E-state index in [0.717, 1.165) is 68.2 Å². The number of nitrogens with zero attached hydrogens (tertiary/aromatic N) is 2. The number of halogens is 2. The Morgan fingerprint density at radius 3 is 2.12 bits per heavy atom. The zero-order chi connectivity index (χ0) is 22.6. The molecule has 1 aliphatic heterocycles. The summed E-state index contributed by atoms with van der Waals surface area (Å²) >= 11 is 7.10. The molecule has 33 heavy (non-hydrogen) atoms.